The van der Waals surface area contributed by atoms with Crippen LogP contribution in [0.4, 0.5) is 0 Å². The van der Waals surface area contributed by atoms with Crippen LogP contribution >= 0.6 is 11.3 Å². The lowest BCUT2D eigenvalue weighted by Gasteiger charge is -1.99. The lowest BCUT2D eigenvalue weighted by atomic mass is 10.3. The van der Waals surface area contributed by atoms with E-state index in [9.17, 15) is 4.79 Å². The van der Waals surface area contributed by atoms with Gasteiger partial charge < -0.3 is 5.11 Å². The number of carbonyl (C=O) groups is 1. The molecule has 2 aromatic rings. The van der Waals surface area contributed by atoms with Gasteiger partial charge in [0.2, 0.25) is 0 Å². The van der Waals surface area contributed by atoms with Gasteiger partial charge in [-0.2, -0.15) is 5.10 Å². The maximum Gasteiger partial charge on any atom is 0.325 e. The van der Waals surface area contributed by atoms with Gasteiger partial charge in [0.25, 0.3) is 0 Å². The third-order valence-corrected chi connectivity index (χ3v) is 3.60. The van der Waals surface area contributed by atoms with Crippen LogP contribution in [0.5, 0.6) is 0 Å². The Bertz CT molecular complexity index is 552. The Balaban J connectivity index is 2.47. The minimum atomic E-state index is -0.916. The van der Waals surface area contributed by atoms with E-state index in [0.717, 1.165) is 4.88 Å². The number of aliphatic carboxylic acids is 1. The third kappa shape index (κ3) is 2.36. The van der Waals surface area contributed by atoms with Gasteiger partial charge in [-0.1, -0.05) is 0 Å². The Morgan fingerprint density at radius 2 is 2.18 bits per heavy atom. The quantitative estimate of drug-likeness (QED) is 0.906. The minimum absolute atomic E-state index is 0.161. The summed E-state index contributed by atoms with van der Waals surface area (Å²) in [4.78, 5) is 17.2. The Morgan fingerprint density at radius 3 is 2.71 bits per heavy atom. The average Bonchev–Trinajstić information content (AvgIpc) is 2.71. The van der Waals surface area contributed by atoms with Crippen molar-refractivity contribution < 1.29 is 9.90 Å². The van der Waals surface area contributed by atoms with Gasteiger partial charge in [-0.25, -0.2) is 9.67 Å². The van der Waals surface area contributed by atoms with Crippen LogP contribution in [0.3, 0.4) is 0 Å². The number of aryl methyl sites for hydroxylation is 3. The molecule has 0 atom stereocenters. The molecule has 90 valence electrons. The van der Waals surface area contributed by atoms with Crippen LogP contribution in [0.15, 0.2) is 6.07 Å². The molecule has 0 bridgehead atoms. The summed E-state index contributed by atoms with van der Waals surface area (Å²) in [6.45, 7) is 5.66. The highest BCUT2D eigenvalue weighted by Crippen LogP contribution is 2.29. The van der Waals surface area contributed by atoms with Crippen molar-refractivity contribution in [2.75, 3.05) is 0 Å². The number of carboxylic acids is 1. The fourth-order valence-electron chi connectivity index (χ4n) is 1.56. The summed E-state index contributed by atoms with van der Waals surface area (Å²) in [6, 6.07) is 2.02. The van der Waals surface area contributed by atoms with Crippen molar-refractivity contribution in [2.24, 2.45) is 0 Å². The third-order valence-electron chi connectivity index (χ3n) is 2.45. The number of hydrogen-bond acceptors (Lipinski definition) is 4. The number of aromatic nitrogens is 3. The van der Waals surface area contributed by atoms with Crippen molar-refractivity contribution in [1.29, 1.82) is 0 Å². The lowest BCUT2D eigenvalue weighted by Crippen LogP contribution is -2.11. The predicted octanol–water partition coefficient (Wildman–Crippen LogP) is 2.02. The number of carboxylic acid groups (broad SMARTS) is 1. The zero-order valence-electron chi connectivity index (χ0n) is 9.89. The molecule has 0 aliphatic heterocycles. The van der Waals surface area contributed by atoms with Gasteiger partial charge in [0.15, 0.2) is 5.82 Å². The van der Waals surface area contributed by atoms with Crippen LogP contribution < -0.4 is 0 Å². The van der Waals surface area contributed by atoms with Gasteiger partial charge in [0.05, 0.1) is 4.88 Å². The van der Waals surface area contributed by atoms with Crippen molar-refractivity contribution in [3.05, 3.63) is 22.3 Å². The van der Waals surface area contributed by atoms with Crippen LogP contribution in [0, 0.1) is 20.8 Å². The van der Waals surface area contributed by atoms with Crippen molar-refractivity contribution in [3.63, 3.8) is 0 Å². The van der Waals surface area contributed by atoms with Crippen LogP contribution in [-0.2, 0) is 11.3 Å². The molecular weight excluding hydrogens is 238 g/mol. The van der Waals surface area contributed by atoms with Gasteiger partial charge in [0, 0.05) is 4.88 Å². The van der Waals surface area contributed by atoms with E-state index in [-0.39, 0.29) is 6.54 Å². The molecule has 0 fully saturated rings. The van der Waals surface area contributed by atoms with Crippen molar-refractivity contribution in [3.8, 4) is 10.7 Å². The van der Waals surface area contributed by atoms with Crippen molar-refractivity contribution in [1.82, 2.24) is 14.8 Å². The van der Waals surface area contributed by atoms with Crippen molar-refractivity contribution in [2.45, 2.75) is 27.3 Å². The first-order chi connectivity index (χ1) is 7.97. The Kier molecular flexibility index (Phi) is 2.97. The molecule has 0 aromatic carbocycles. The molecule has 2 rings (SSSR count). The Morgan fingerprint density at radius 1 is 1.47 bits per heavy atom. The molecule has 0 amide bonds. The molecule has 0 aliphatic rings. The summed E-state index contributed by atoms with van der Waals surface area (Å²) in [6.07, 6.45) is 0. The SMILES string of the molecule is Cc1nc(-c2cc(C)c(C)s2)n(CC(=O)O)n1. The van der Waals surface area contributed by atoms with Gasteiger partial charge >= 0.3 is 5.97 Å². The molecule has 0 aliphatic carbocycles. The molecule has 2 heterocycles. The zero-order chi connectivity index (χ0) is 12.6. The topological polar surface area (TPSA) is 68.0 Å². The van der Waals surface area contributed by atoms with Gasteiger partial charge in [0.1, 0.15) is 12.4 Å². The van der Waals surface area contributed by atoms with Gasteiger partial charge in [-0.15, -0.1) is 11.3 Å². The Hall–Kier alpha value is -1.69. The van der Waals surface area contributed by atoms with Gasteiger partial charge in [-0.3, -0.25) is 4.79 Å². The first kappa shape index (κ1) is 11.8. The molecule has 0 unspecified atom stereocenters. The van der Waals surface area contributed by atoms with Crippen LogP contribution in [-0.4, -0.2) is 25.8 Å². The molecule has 0 radical (unpaired) electrons. The van der Waals surface area contributed by atoms with E-state index in [4.69, 9.17) is 5.11 Å². The molecule has 1 N–H and O–H groups in total. The second-order valence-corrected chi connectivity index (χ2v) is 5.14. The highest BCUT2D eigenvalue weighted by atomic mass is 32.1. The first-order valence-electron chi connectivity index (χ1n) is 5.18. The van der Waals surface area contributed by atoms with E-state index in [1.165, 1.54) is 15.1 Å². The average molecular weight is 251 g/mol. The summed E-state index contributed by atoms with van der Waals surface area (Å²) >= 11 is 1.61. The lowest BCUT2D eigenvalue weighted by molar-refractivity contribution is -0.137. The first-order valence-corrected chi connectivity index (χ1v) is 5.99. The molecule has 2 aromatic heterocycles. The standard InChI is InChI=1S/C11H13N3O2S/c1-6-4-9(17-7(6)2)11-12-8(3)13-14(11)5-10(15)16/h4H,5H2,1-3H3,(H,15,16). The second-order valence-electron chi connectivity index (χ2n) is 3.88. The number of hydrogen-bond donors (Lipinski definition) is 1. The highest BCUT2D eigenvalue weighted by molar-refractivity contribution is 7.15. The number of nitrogens with zero attached hydrogens (tertiary/aromatic N) is 3. The highest BCUT2D eigenvalue weighted by Gasteiger charge is 2.14. The summed E-state index contributed by atoms with van der Waals surface area (Å²) in [5.41, 5.74) is 1.19. The maximum absolute atomic E-state index is 10.7. The smallest absolute Gasteiger partial charge is 0.325 e. The van der Waals surface area contributed by atoms with E-state index in [0.29, 0.717) is 11.6 Å². The maximum atomic E-state index is 10.7. The van der Waals surface area contributed by atoms with E-state index in [2.05, 4.69) is 10.1 Å². The van der Waals surface area contributed by atoms with E-state index in [1.54, 1.807) is 18.3 Å². The molecule has 5 nitrogen and oxygen atoms in total. The van der Waals surface area contributed by atoms with E-state index >= 15 is 0 Å². The number of thiophene rings is 1. The van der Waals surface area contributed by atoms with Crippen LogP contribution in [0.25, 0.3) is 10.7 Å². The molecule has 6 heteroatoms. The fourth-order valence-corrected chi connectivity index (χ4v) is 2.59. The molecular formula is C11H13N3O2S. The largest absolute Gasteiger partial charge is 0.480 e. The van der Waals surface area contributed by atoms with Gasteiger partial charge in [-0.05, 0) is 32.4 Å². The minimum Gasteiger partial charge on any atom is -0.480 e. The summed E-state index contributed by atoms with van der Waals surface area (Å²) in [5.74, 6) is 0.303. The van der Waals surface area contributed by atoms with Crippen LogP contribution in [0.2, 0.25) is 0 Å². The van der Waals surface area contributed by atoms with E-state index in [1.807, 2.05) is 19.9 Å². The van der Waals surface area contributed by atoms with E-state index < -0.39 is 5.97 Å². The monoisotopic (exact) mass is 251 g/mol. The molecule has 0 saturated heterocycles. The predicted molar refractivity (Wildman–Crippen MR) is 65.2 cm³/mol. The normalized spacial score (nSPS) is 10.8. The molecule has 0 saturated carbocycles. The van der Waals surface area contributed by atoms with Crippen LogP contribution in [0.1, 0.15) is 16.3 Å². The second kappa shape index (κ2) is 4.29. The molecule has 0 spiro atoms. The summed E-state index contributed by atoms with van der Waals surface area (Å²) in [5, 5.41) is 12.9. The summed E-state index contributed by atoms with van der Waals surface area (Å²) < 4.78 is 1.43. The molecule has 17 heavy (non-hydrogen) atoms. The zero-order valence-corrected chi connectivity index (χ0v) is 10.7. The van der Waals surface area contributed by atoms with Crippen molar-refractivity contribution >= 4 is 17.3 Å². The number of rotatable bonds is 3. The summed E-state index contributed by atoms with van der Waals surface area (Å²) in [7, 11) is 0. The fraction of sp³-hybridized carbons (Fsp3) is 0.364. The Labute approximate surface area is 103 Å².